The highest BCUT2D eigenvalue weighted by Crippen LogP contribution is 2.17. The number of hydrogen-bond donors (Lipinski definition) is 2. The molecule has 0 spiro atoms. The van der Waals surface area contributed by atoms with Crippen molar-refractivity contribution in [3.8, 4) is 0 Å². The molecule has 4 nitrogen and oxygen atoms in total. The number of hydrogen-bond acceptors (Lipinski definition) is 2. The Bertz CT molecular complexity index is 374. The van der Waals surface area contributed by atoms with E-state index in [9.17, 15) is 0 Å². The smallest absolute Gasteiger partial charge is 0.213 e. The number of nitrogens with two attached hydrogens (primary N) is 1. The van der Waals surface area contributed by atoms with Crippen LogP contribution in [0.2, 0.25) is 0 Å². The van der Waals surface area contributed by atoms with Gasteiger partial charge in [-0.2, -0.15) is 0 Å². The Labute approximate surface area is 102 Å². The average Bonchev–Trinajstić information content (AvgIpc) is 2.37. The quantitative estimate of drug-likeness (QED) is 0.336. The molecular formula is C13H20N4. The molecule has 1 heterocycles. The zero-order valence-electron chi connectivity index (χ0n) is 10.3. The molecule has 4 heteroatoms. The van der Waals surface area contributed by atoms with Gasteiger partial charge in [-0.1, -0.05) is 25.1 Å². The minimum absolute atomic E-state index is 0.707. The molecule has 1 aromatic rings. The Morgan fingerprint density at radius 1 is 1.41 bits per heavy atom. The molecule has 1 unspecified atom stereocenters. The minimum atomic E-state index is 0.707. The fourth-order valence-corrected chi connectivity index (χ4v) is 2.20. The molecule has 1 fully saturated rings. The molecule has 1 atom stereocenters. The van der Waals surface area contributed by atoms with Crippen LogP contribution in [-0.2, 0) is 0 Å². The second-order valence-electron chi connectivity index (χ2n) is 4.61. The molecule has 0 aliphatic carbocycles. The lowest BCUT2D eigenvalue weighted by molar-refractivity contribution is 0.266. The van der Waals surface area contributed by atoms with Crippen molar-refractivity contribution in [3.05, 3.63) is 30.3 Å². The van der Waals surface area contributed by atoms with Crippen LogP contribution in [0.3, 0.4) is 0 Å². The number of hydrazine groups is 1. The van der Waals surface area contributed by atoms with E-state index in [4.69, 9.17) is 5.84 Å². The van der Waals surface area contributed by atoms with Gasteiger partial charge >= 0.3 is 0 Å². The van der Waals surface area contributed by atoms with Crippen LogP contribution in [-0.4, -0.2) is 23.9 Å². The lowest BCUT2D eigenvalue weighted by atomic mass is 10.0. The number of benzene rings is 1. The molecular weight excluding hydrogens is 212 g/mol. The third kappa shape index (κ3) is 3.20. The van der Waals surface area contributed by atoms with Gasteiger partial charge in [0.1, 0.15) is 0 Å². The first-order chi connectivity index (χ1) is 8.29. The van der Waals surface area contributed by atoms with Gasteiger partial charge in [-0.25, -0.2) is 10.8 Å². The molecule has 0 aromatic heterocycles. The maximum Gasteiger partial charge on any atom is 0.213 e. The molecule has 2 rings (SSSR count). The SMILES string of the molecule is CC1CCCN(C(=Nc2ccccc2)NN)C1. The highest BCUT2D eigenvalue weighted by atomic mass is 15.4. The fraction of sp³-hybridized carbons (Fsp3) is 0.462. The number of guanidine groups is 1. The molecule has 0 amide bonds. The number of piperidine rings is 1. The molecule has 0 radical (unpaired) electrons. The van der Waals surface area contributed by atoms with Crippen LogP contribution in [0.25, 0.3) is 0 Å². The molecule has 0 bridgehead atoms. The van der Waals surface area contributed by atoms with E-state index < -0.39 is 0 Å². The van der Waals surface area contributed by atoms with Crippen molar-refractivity contribution in [2.45, 2.75) is 19.8 Å². The summed E-state index contributed by atoms with van der Waals surface area (Å²) in [7, 11) is 0. The van der Waals surface area contributed by atoms with E-state index >= 15 is 0 Å². The average molecular weight is 232 g/mol. The van der Waals surface area contributed by atoms with Crippen molar-refractivity contribution in [2.24, 2.45) is 16.8 Å². The number of para-hydroxylation sites is 1. The first-order valence-electron chi connectivity index (χ1n) is 6.15. The van der Waals surface area contributed by atoms with Crippen molar-refractivity contribution in [1.82, 2.24) is 10.3 Å². The zero-order chi connectivity index (χ0) is 12.1. The normalized spacial score (nSPS) is 21.4. The van der Waals surface area contributed by atoms with Crippen molar-refractivity contribution in [1.29, 1.82) is 0 Å². The highest BCUT2D eigenvalue weighted by Gasteiger charge is 2.18. The van der Waals surface area contributed by atoms with Crippen molar-refractivity contribution in [3.63, 3.8) is 0 Å². The molecule has 1 aromatic carbocycles. The Balaban J connectivity index is 2.12. The van der Waals surface area contributed by atoms with E-state index in [0.717, 1.165) is 24.7 Å². The topological polar surface area (TPSA) is 53.6 Å². The van der Waals surface area contributed by atoms with Gasteiger partial charge in [-0.3, -0.25) is 5.43 Å². The maximum atomic E-state index is 5.57. The first-order valence-corrected chi connectivity index (χ1v) is 6.15. The number of nitrogens with one attached hydrogen (secondary N) is 1. The van der Waals surface area contributed by atoms with Crippen LogP contribution in [0.5, 0.6) is 0 Å². The van der Waals surface area contributed by atoms with Crippen molar-refractivity contribution in [2.75, 3.05) is 13.1 Å². The largest absolute Gasteiger partial charge is 0.341 e. The van der Waals surface area contributed by atoms with E-state index in [2.05, 4.69) is 22.2 Å². The molecule has 0 saturated carbocycles. The summed E-state index contributed by atoms with van der Waals surface area (Å²) in [6.07, 6.45) is 2.50. The van der Waals surface area contributed by atoms with Gasteiger partial charge < -0.3 is 4.90 Å². The Kier molecular flexibility index (Phi) is 3.98. The molecule has 92 valence electrons. The van der Waals surface area contributed by atoms with E-state index in [-0.39, 0.29) is 0 Å². The third-order valence-corrected chi connectivity index (χ3v) is 3.08. The van der Waals surface area contributed by atoms with E-state index in [1.807, 2.05) is 30.3 Å². The Morgan fingerprint density at radius 3 is 2.82 bits per heavy atom. The van der Waals surface area contributed by atoms with Gasteiger partial charge in [-0.05, 0) is 30.9 Å². The summed E-state index contributed by atoms with van der Waals surface area (Å²) < 4.78 is 0. The van der Waals surface area contributed by atoms with E-state index in [1.165, 1.54) is 12.8 Å². The van der Waals surface area contributed by atoms with Crippen LogP contribution in [0.15, 0.2) is 35.3 Å². The summed E-state index contributed by atoms with van der Waals surface area (Å²) in [5, 5.41) is 0. The van der Waals surface area contributed by atoms with Crippen LogP contribution in [0, 0.1) is 5.92 Å². The van der Waals surface area contributed by atoms with Gasteiger partial charge in [0.2, 0.25) is 5.96 Å². The minimum Gasteiger partial charge on any atom is -0.341 e. The van der Waals surface area contributed by atoms with Crippen molar-refractivity contribution >= 4 is 11.6 Å². The highest BCUT2D eigenvalue weighted by molar-refractivity contribution is 5.82. The lowest BCUT2D eigenvalue weighted by Gasteiger charge is -2.32. The van der Waals surface area contributed by atoms with Crippen molar-refractivity contribution < 1.29 is 0 Å². The Morgan fingerprint density at radius 2 is 2.18 bits per heavy atom. The van der Waals surface area contributed by atoms with Gasteiger partial charge in [0, 0.05) is 13.1 Å². The summed E-state index contributed by atoms with van der Waals surface area (Å²) in [5.74, 6) is 7.05. The molecule has 1 saturated heterocycles. The van der Waals surface area contributed by atoms with Gasteiger partial charge in [0.05, 0.1) is 5.69 Å². The second-order valence-corrected chi connectivity index (χ2v) is 4.61. The molecule has 3 N–H and O–H groups in total. The predicted molar refractivity (Wildman–Crippen MR) is 70.8 cm³/mol. The number of likely N-dealkylation sites (tertiary alicyclic amines) is 1. The van der Waals surface area contributed by atoms with Crippen LogP contribution in [0.1, 0.15) is 19.8 Å². The van der Waals surface area contributed by atoms with Crippen LogP contribution >= 0.6 is 0 Å². The molecule has 17 heavy (non-hydrogen) atoms. The fourth-order valence-electron chi connectivity index (χ4n) is 2.20. The van der Waals surface area contributed by atoms with E-state index in [0.29, 0.717) is 5.92 Å². The Hall–Kier alpha value is -1.55. The van der Waals surface area contributed by atoms with Gasteiger partial charge in [-0.15, -0.1) is 0 Å². The molecule has 1 aliphatic rings. The molecule has 1 aliphatic heterocycles. The monoisotopic (exact) mass is 232 g/mol. The summed E-state index contributed by atoms with van der Waals surface area (Å²) in [6.45, 7) is 4.32. The summed E-state index contributed by atoms with van der Waals surface area (Å²) >= 11 is 0. The summed E-state index contributed by atoms with van der Waals surface area (Å²) in [6, 6.07) is 9.89. The van der Waals surface area contributed by atoms with Gasteiger partial charge in [0.25, 0.3) is 0 Å². The van der Waals surface area contributed by atoms with Gasteiger partial charge in [0.15, 0.2) is 0 Å². The first kappa shape index (κ1) is 11.9. The van der Waals surface area contributed by atoms with Crippen LogP contribution in [0.4, 0.5) is 5.69 Å². The van der Waals surface area contributed by atoms with Crippen LogP contribution < -0.4 is 11.3 Å². The number of aliphatic imine (C=N–C) groups is 1. The third-order valence-electron chi connectivity index (χ3n) is 3.08. The summed E-state index contributed by atoms with van der Waals surface area (Å²) in [5.41, 5.74) is 3.65. The van der Waals surface area contributed by atoms with E-state index in [1.54, 1.807) is 0 Å². The second kappa shape index (κ2) is 5.68. The zero-order valence-corrected chi connectivity index (χ0v) is 10.3. The number of rotatable bonds is 1. The lowest BCUT2D eigenvalue weighted by Crippen LogP contribution is -2.48. The number of nitrogens with zero attached hydrogens (tertiary/aromatic N) is 2. The summed E-state index contributed by atoms with van der Waals surface area (Å²) in [4.78, 5) is 6.77. The standard InChI is InChI=1S/C13H20N4/c1-11-6-5-9-17(10-11)13(16-14)15-12-7-3-2-4-8-12/h2-4,7-8,11H,5-6,9-10,14H2,1H3,(H,15,16). The predicted octanol–water partition coefficient (Wildman–Crippen LogP) is 1.87. The maximum absolute atomic E-state index is 5.57.